The first-order chi connectivity index (χ1) is 8.34. The first kappa shape index (κ1) is 12.6. The molecule has 0 spiro atoms. The van der Waals surface area contributed by atoms with Crippen molar-refractivity contribution in [3.8, 4) is 0 Å². The fourth-order valence-corrected chi connectivity index (χ4v) is 2.32. The zero-order chi connectivity index (χ0) is 11.9. The van der Waals surface area contributed by atoms with Gasteiger partial charge < -0.3 is 5.32 Å². The fraction of sp³-hybridized carbons (Fsp3) is 0.167. The first-order valence-corrected chi connectivity index (χ1v) is 7.30. The lowest BCUT2D eigenvalue weighted by atomic mass is 10.4. The number of anilines is 1. The number of benzene rings is 1. The van der Waals surface area contributed by atoms with Crippen LogP contribution in [0.4, 0.5) is 5.95 Å². The highest BCUT2D eigenvalue weighted by Crippen LogP contribution is 2.16. The Labute approximate surface area is 119 Å². The lowest BCUT2D eigenvalue weighted by molar-refractivity contribution is 1.08. The number of hydrogen-bond donors (Lipinski definition) is 1. The highest BCUT2D eigenvalue weighted by Gasteiger charge is 1.96. The van der Waals surface area contributed by atoms with Gasteiger partial charge in [-0.1, -0.05) is 18.2 Å². The molecule has 0 saturated heterocycles. The first-order valence-electron chi connectivity index (χ1n) is 5.24. The molecule has 2 aromatic rings. The zero-order valence-electron chi connectivity index (χ0n) is 9.14. The van der Waals surface area contributed by atoms with Crippen molar-refractivity contribution >= 4 is 40.3 Å². The average Bonchev–Trinajstić information content (AvgIpc) is 2.38. The minimum Gasteiger partial charge on any atom is -0.353 e. The molecule has 17 heavy (non-hydrogen) atoms. The fourth-order valence-electron chi connectivity index (χ4n) is 1.25. The molecule has 88 valence electrons. The molecule has 2 rings (SSSR count). The monoisotopic (exact) mass is 357 g/mol. The molecule has 1 N–H and O–H groups in total. The molecular weight excluding hydrogens is 345 g/mol. The van der Waals surface area contributed by atoms with Gasteiger partial charge in [0.15, 0.2) is 0 Å². The summed E-state index contributed by atoms with van der Waals surface area (Å²) in [5.74, 6) is 1.69. The van der Waals surface area contributed by atoms with E-state index in [-0.39, 0.29) is 0 Å². The minimum atomic E-state index is 0.694. The Kier molecular flexibility index (Phi) is 5.06. The van der Waals surface area contributed by atoms with Gasteiger partial charge in [-0.25, -0.2) is 9.97 Å². The maximum absolute atomic E-state index is 4.18. The number of nitrogens with one attached hydrogen (secondary N) is 1. The van der Waals surface area contributed by atoms with Crippen LogP contribution in [0.2, 0.25) is 0 Å². The maximum atomic E-state index is 4.18. The molecule has 0 fully saturated rings. The molecule has 3 nitrogen and oxygen atoms in total. The largest absolute Gasteiger partial charge is 0.353 e. The van der Waals surface area contributed by atoms with Crippen molar-refractivity contribution in [2.24, 2.45) is 0 Å². The molecule has 0 aliphatic carbocycles. The second kappa shape index (κ2) is 6.80. The summed E-state index contributed by atoms with van der Waals surface area (Å²) in [5, 5.41) is 3.20. The van der Waals surface area contributed by atoms with Crippen molar-refractivity contribution in [1.29, 1.82) is 0 Å². The highest BCUT2D eigenvalue weighted by atomic mass is 127. The van der Waals surface area contributed by atoms with Crippen LogP contribution in [-0.4, -0.2) is 22.3 Å². The van der Waals surface area contributed by atoms with E-state index >= 15 is 0 Å². The molecule has 5 heteroatoms. The van der Waals surface area contributed by atoms with E-state index in [0.717, 1.165) is 15.9 Å². The van der Waals surface area contributed by atoms with Crippen molar-refractivity contribution in [3.05, 3.63) is 46.3 Å². The molecule has 0 amide bonds. The summed E-state index contributed by atoms with van der Waals surface area (Å²) in [6.45, 7) is 0.861. The molecule has 0 bridgehead atoms. The summed E-state index contributed by atoms with van der Waals surface area (Å²) in [4.78, 5) is 9.66. The Morgan fingerprint density at radius 1 is 1.12 bits per heavy atom. The topological polar surface area (TPSA) is 37.8 Å². The van der Waals surface area contributed by atoms with E-state index in [1.54, 1.807) is 12.4 Å². The lowest BCUT2D eigenvalue weighted by Gasteiger charge is -2.04. The summed E-state index contributed by atoms with van der Waals surface area (Å²) in [7, 11) is 0. The zero-order valence-corrected chi connectivity index (χ0v) is 12.1. The van der Waals surface area contributed by atoms with E-state index < -0.39 is 0 Å². The van der Waals surface area contributed by atoms with E-state index in [9.17, 15) is 0 Å². The van der Waals surface area contributed by atoms with Crippen molar-refractivity contribution in [1.82, 2.24) is 9.97 Å². The summed E-state index contributed by atoms with van der Waals surface area (Å²) >= 11 is 4.02. The highest BCUT2D eigenvalue weighted by molar-refractivity contribution is 14.1. The second-order valence-electron chi connectivity index (χ2n) is 3.31. The van der Waals surface area contributed by atoms with Crippen molar-refractivity contribution in [2.75, 3.05) is 17.6 Å². The Morgan fingerprint density at radius 2 is 1.82 bits per heavy atom. The Balaban J connectivity index is 1.71. The third kappa shape index (κ3) is 4.51. The van der Waals surface area contributed by atoms with Gasteiger partial charge in [-0.15, -0.1) is 11.8 Å². The van der Waals surface area contributed by atoms with Crippen LogP contribution in [-0.2, 0) is 0 Å². The van der Waals surface area contributed by atoms with Gasteiger partial charge >= 0.3 is 0 Å². The van der Waals surface area contributed by atoms with Crippen LogP contribution < -0.4 is 5.32 Å². The van der Waals surface area contributed by atoms with E-state index in [1.165, 1.54) is 4.90 Å². The van der Waals surface area contributed by atoms with E-state index in [2.05, 4.69) is 62.1 Å². The Hall–Kier alpha value is -0.820. The quantitative estimate of drug-likeness (QED) is 0.506. The predicted octanol–water partition coefficient (Wildman–Crippen LogP) is 3.29. The molecule has 1 aromatic heterocycles. The van der Waals surface area contributed by atoms with Gasteiger partial charge in [-0.05, 0) is 34.7 Å². The van der Waals surface area contributed by atoms with Crippen LogP contribution >= 0.6 is 34.4 Å². The molecule has 0 atom stereocenters. The third-order valence-electron chi connectivity index (χ3n) is 2.02. The van der Waals surface area contributed by atoms with Crippen LogP contribution in [0.25, 0.3) is 0 Å². The van der Waals surface area contributed by atoms with Gasteiger partial charge in [-0.2, -0.15) is 0 Å². The SMILES string of the molecule is Ic1cnc(NCCSc2ccccc2)nc1. The lowest BCUT2D eigenvalue weighted by Crippen LogP contribution is -2.07. The summed E-state index contributed by atoms with van der Waals surface area (Å²) < 4.78 is 1.05. The van der Waals surface area contributed by atoms with Gasteiger partial charge in [0.05, 0.1) is 0 Å². The number of thioether (sulfide) groups is 1. The van der Waals surface area contributed by atoms with Crippen LogP contribution in [0, 0.1) is 3.57 Å². The van der Waals surface area contributed by atoms with Gasteiger partial charge in [0.2, 0.25) is 5.95 Å². The van der Waals surface area contributed by atoms with Crippen LogP contribution in [0.1, 0.15) is 0 Å². The second-order valence-corrected chi connectivity index (χ2v) is 5.73. The normalized spacial score (nSPS) is 10.2. The van der Waals surface area contributed by atoms with Gasteiger partial charge in [-0.3, -0.25) is 0 Å². The Bertz CT molecular complexity index is 447. The molecule has 1 aromatic carbocycles. The van der Waals surface area contributed by atoms with Crippen LogP contribution in [0.15, 0.2) is 47.6 Å². The maximum Gasteiger partial charge on any atom is 0.222 e. The predicted molar refractivity (Wildman–Crippen MR) is 80.4 cm³/mol. The molecule has 0 radical (unpaired) electrons. The van der Waals surface area contributed by atoms with Crippen molar-refractivity contribution in [3.63, 3.8) is 0 Å². The number of hydrogen-bond acceptors (Lipinski definition) is 4. The molecule has 1 heterocycles. The van der Waals surface area contributed by atoms with E-state index in [0.29, 0.717) is 5.95 Å². The number of aromatic nitrogens is 2. The average molecular weight is 357 g/mol. The standard InChI is InChI=1S/C12H12IN3S/c13-10-8-15-12(16-9-10)14-6-7-17-11-4-2-1-3-5-11/h1-5,8-9H,6-7H2,(H,14,15,16). The van der Waals surface area contributed by atoms with E-state index in [4.69, 9.17) is 0 Å². The molecule has 0 unspecified atom stereocenters. The van der Waals surface area contributed by atoms with Gasteiger partial charge in [0.1, 0.15) is 0 Å². The van der Waals surface area contributed by atoms with Crippen molar-refractivity contribution in [2.45, 2.75) is 4.90 Å². The molecule has 0 aliphatic heterocycles. The van der Waals surface area contributed by atoms with Crippen LogP contribution in [0.5, 0.6) is 0 Å². The Morgan fingerprint density at radius 3 is 2.53 bits per heavy atom. The van der Waals surface area contributed by atoms with Gasteiger partial charge in [0, 0.05) is 33.2 Å². The summed E-state index contributed by atoms with van der Waals surface area (Å²) in [5.41, 5.74) is 0. The van der Waals surface area contributed by atoms with Crippen molar-refractivity contribution < 1.29 is 0 Å². The van der Waals surface area contributed by atoms with Gasteiger partial charge in [0.25, 0.3) is 0 Å². The molecule has 0 saturated carbocycles. The number of rotatable bonds is 5. The number of nitrogens with zero attached hydrogens (tertiary/aromatic N) is 2. The number of halogens is 1. The van der Waals surface area contributed by atoms with E-state index in [1.807, 2.05) is 17.8 Å². The summed E-state index contributed by atoms with van der Waals surface area (Å²) in [6.07, 6.45) is 3.61. The molecular formula is C12H12IN3S. The minimum absolute atomic E-state index is 0.694. The smallest absolute Gasteiger partial charge is 0.222 e. The van der Waals surface area contributed by atoms with Crippen LogP contribution in [0.3, 0.4) is 0 Å². The third-order valence-corrected chi connectivity index (χ3v) is 3.59. The summed E-state index contributed by atoms with van der Waals surface area (Å²) in [6, 6.07) is 10.4. The molecule has 0 aliphatic rings.